The first-order valence-corrected chi connectivity index (χ1v) is 10.9. The molecule has 0 radical (unpaired) electrons. The Kier molecular flexibility index (Phi) is 4.52. The predicted octanol–water partition coefficient (Wildman–Crippen LogP) is 3.71. The average Bonchev–Trinajstić information content (AvgIpc) is 3.26. The average molecular weight is 446 g/mol. The fourth-order valence-electron chi connectivity index (χ4n) is 3.76. The highest BCUT2D eigenvalue weighted by Gasteiger charge is 2.22. The maximum Gasteiger partial charge on any atom is 0.324 e. The monoisotopic (exact) mass is 446 g/mol. The van der Waals surface area contributed by atoms with Crippen LogP contribution in [-0.2, 0) is 0 Å². The van der Waals surface area contributed by atoms with Crippen LogP contribution in [0.5, 0.6) is 11.5 Å². The van der Waals surface area contributed by atoms with Crippen LogP contribution in [0.1, 0.15) is 12.8 Å². The number of nitrogens with zero attached hydrogens (tertiary/aromatic N) is 4. The highest BCUT2D eigenvalue weighted by Crippen LogP contribution is 2.28. The van der Waals surface area contributed by atoms with Crippen LogP contribution in [0.4, 0.5) is 21.5 Å². The van der Waals surface area contributed by atoms with Crippen LogP contribution in [0.25, 0.3) is 22.1 Å². The molecule has 0 atom stereocenters. The minimum Gasteiger partial charge on any atom is -0.457 e. The van der Waals surface area contributed by atoms with Crippen LogP contribution >= 0.6 is 0 Å². The van der Waals surface area contributed by atoms with Gasteiger partial charge in [-0.05, 0) is 37.1 Å². The zero-order valence-electron chi connectivity index (χ0n) is 17.7. The van der Waals surface area contributed by atoms with Crippen molar-refractivity contribution in [2.45, 2.75) is 12.8 Å². The molecule has 2 aromatic carbocycles. The van der Waals surface area contributed by atoms with Crippen molar-refractivity contribution in [3.05, 3.63) is 36.4 Å². The molecule has 11 nitrogen and oxygen atoms in total. The normalized spacial score (nSPS) is 15.3. The molecule has 0 saturated carbocycles. The SMILES string of the molecule is O=C(Nc1nc2ccc(Oc3ccc4nc(NC(=O)N5CCC5)[nH]c4c3)cc2[nH]1)N1CCC1. The molecular weight excluding hydrogens is 424 g/mol. The number of imidazole rings is 2. The number of rotatable bonds is 4. The number of carbonyl (C=O) groups excluding carboxylic acids is 2. The Balaban J connectivity index is 1.16. The minimum absolute atomic E-state index is 0.148. The minimum atomic E-state index is -0.148. The molecule has 0 spiro atoms. The number of aromatic nitrogens is 4. The molecule has 11 heteroatoms. The van der Waals surface area contributed by atoms with Gasteiger partial charge in [0, 0.05) is 38.3 Å². The van der Waals surface area contributed by atoms with E-state index in [4.69, 9.17) is 4.74 Å². The van der Waals surface area contributed by atoms with Crippen LogP contribution in [-0.4, -0.2) is 68.0 Å². The van der Waals surface area contributed by atoms with Crippen molar-refractivity contribution in [1.29, 1.82) is 0 Å². The van der Waals surface area contributed by atoms with Gasteiger partial charge in [0.15, 0.2) is 0 Å². The number of likely N-dealkylation sites (tertiary alicyclic amines) is 2. The smallest absolute Gasteiger partial charge is 0.324 e. The Morgan fingerprint density at radius 3 is 1.61 bits per heavy atom. The highest BCUT2D eigenvalue weighted by atomic mass is 16.5. The van der Waals surface area contributed by atoms with Crippen molar-refractivity contribution in [3.63, 3.8) is 0 Å². The predicted molar refractivity (Wildman–Crippen MR) is 123 cm³/mol. The summed E-state index contributed by atoms with van der Waals surface area (Å²) in [4.78, 5) is 42.7. The summed E-state index contributed by atoms with van der Waals surface area (Å²) in [7, 11) is 0. The quantitative estimate of drug-likeness (QED) is 0.380. The van der Waals surface area contributed by atoms with Gasteiger partial charge in [0.2, 0.25) is 11.9 Å². The molecule has 6 rings (SSSR count). The lowest BCUT2D eigenvalue weighted by Gasteiger charge is -2.30. The van der Waals surface area contributed by atoms with Crippen molar-refractivity contribution < 1.29 is 14.3 Å². The van der Waals surface area contributed by atoms with Gasteiger partial charge < -0.3 is 24.5 Å². The third-order valence-corrected chi connectivity index (χ3v) is 5.88. The fourth-order valence-corrected chi connectivity index (χ4v) is 3.76. The number of H-pyrrole nitrogens is 2. The second-order valence-electron chi connectivity index (χ2n) is 8.17. The summed E-state index contributed by atoms with van der Waals surface area (Å²) in [6, 6.07) is 10.7. The van der Waals surface area contributed by atoms with Gasteiger partial charge in [-0.25, -0.2) is 19.6 Å². The van der Waals surface area contributed by atoms with E-state index in [1.165, 1.54) is 0 Å². The Hall–Kier alpha value is -4.28. The van der Waals surface area contributed by atoms with E-state index >= 15 is 0 Å². The lowest BCUT2D eigenvalue weighted by atomic mass is 10.2. The van der Waals surface area contributed by atoms with Gasteiger partial charge in [0.1, 0.15) is 11.5 Å². The van der Waals surface area contributed by atoms with E-state index in [2.05, 4.69) is 30.6 Å². The molecule has 2 aromatic heterocycles. The Labute approximate surface area is 188 Å². The summed E-state index contributed by atoms with van der Waals surface area (Å²) in [6.45, 7) is 3.10. The summed E-state index contributed by atoms with van der Waals surface area (Å²) in [5.74, 6) is 2.06. The summed E-state index contributed by atoms with van der Waals surface area (Å²) in [5, 5.41) is 5.58. The van der Waals surface area contributed by atoms with E-state index in [-0.39, 0.29) is 12.1 Å². The van der Waals surface area contributed by atoms with Crippen molar-refractivity contribution in [1.82, 2.24) is 29.7 Å². The van der Waals surface area contributed by atoms with Crippen LogP contribution in [0.2, 0.25) is 0 Å². The molecule has 4 heterocycles. The molecule has 2 aliphatic heterocycles. The van der Waals surface area contributed by atoms with Crippen molar-refractivity contribution in [3.8, 4) is 11.5 Å². The number of amides is 4. The Bertz CT molecular complexity index is 1260. The number of ether oxygens (including phenoxy) is 1. The number of aromatic amines is 2. The van der Waals surface area contributed by atoms with E-state index in [0.29, 0.717) is 23.4 Å². The first-order valence-electron chi connectivity index (χ1n) is 10.9. The molecule has 168 valence electrons. The largest absolute Gasteiger partial charge is 0.457 e. The number of hydrogen-bond donors (Lipinski definition) is 4. The zero-order chi connectivity index (χ0) is 22.4. The molecule has 0 aliphatic carbocycles. The van der Waals surface area contributed by atoms with E-state index < -0.39 is 0 Å². The lowest BCUT2D eigenvalue weighted by molar-refractivity contribution is 0.180. The van der Waals surface area contributed by atoms with Crippen molar-refractivity contribution in [2.24, 2.45) is 0 Å². The highest BCUT2D eigenvalue weighted by molar-refractivity contribution is 5.91. The van der Waals surface area contributed by atoms with Gasteiger partial charge in [0.05, 0.1) is 22.1 Å². The van der Waals surface area contributed by atoms with E-state index in [1.54, 1.807) is 9.80 Å². The first-order chi connectivity index (χ1) is 16.1. The summed E-state index contributed by atoms with van der Waals surface area (Å²) in [5.41, 5.74) is 2.97. The van der Waals surface area contributed by atoms with Crippen molar-refractivity contribution in [2.75, 3.05) is 36.8 Å². The van der Waals surface area contributed by atoms with Crippen LogP contribution < -0.4 is 15.4 Å². The number of anilines is 2. The number of carbonyl (C=O) groups is 2. The fraction of sp³-hybridized carbons (Fsp3) is 0.273. The maximum absolute atomic E-state index is 12.1. The topological polar surface area (TPSA) is 131 Å². The molecular formula is C22H22N8O3. The number of benzene rings is 2. The standard InChI is InChI=1S/C22H22N8O3/c31-21(29-7-1-8-29)27-19-23-15-5-3-13(11-17(15)25-19)33-14-4-6-16-18(12-14)26-20(24-16)28-22(32)30-9-2-10-30/h3-6,11-12H,1-2,7-10H2,(H2,23,25,27,31)(H2,24,26,28,32). The third-order valence-electron chi connectivity index (χ3n) is 5.88. The second-order valence-corrected chi connectivity index (χ2v) is 8.17. The van der Waals surface area contributed by atoms with Gasteiger partial charge in [0.25, 0.3) is 0 Å². The Morgan fingerprint density at radius 1 is 0.758 bits per heavy atom. The third kappa shape index (κ3) is 3.77. The van der Waals surface area contributed by atoms with Gasteiger partial charge in [-0.1, -0.05) is 0 Å². The summed E-state index contributed by atoms with van der Waals surface area (Å²) >= 11 is 0. The zero-order valence-corrected chi connectivity index (χ0v) is 17.7. The molecule has 4 N–H and O–H groups in total. The van der Waals surface area contributed by atoms with Gasteiger partial charge in [-0.2, -0.15) is 0 Å². The summed E-state index contributed by atoms with van der Waals surface area (Å²) in [6.07, 6.45) is 2.07. The molecule has 2 fully saturated rings. The molecule has 2 aliphatic rings. The summed E-state index contributed by atoms with van der Waals surface area (Å²) < 4.78 is 6.02. The van der Waals surface area contributed by atoms with Gasteiger partial charge in [-0.15, -0.1) is 0 Å². The second kappa shape index (κ2) is 7.69. The molecule has 4 amide bonds. The van der Waals surface area contributed by atoms with Crippen LogP contribution in [0, 0.1) is 0 Å². The van der Waals surface area contributed by atoms with Crippen LogP contribution in [0.15, 0.2) is 36.4 Å². The number of nitrogens with one attached hydrogen (secondary N) is 4. The molecule has 2 saturated heterocycles. The lowest BCUT2D eigenvalue weighted by Crippen LogP contribution is -2.44. The van der Waals surface area contributed by atoms with Gasteiger partial charge in [-0.3, -0.25) is 10.6 Å². The maximum atomic E-state index is 12.1. The van der Waals surface area contributed by atoms with Crippen molar-refractivity contribution >= 4 is 46.0 Å². The molecule has 0 unspecified atom stereocenters. The molecule has 0 bridgehead atoms. The first kappa shape index (κ1) is 19.4. The number of fused-ring (bicyclic) bond motifs is 2. The van der Waals surface area contributed by atoms with E-state index in [1.807, 2.05) is 36.4 Å². The molecule has 33 heavy (non-hydrogen) atoms. The number of hydrogen-bond acceptors (Lipinski definition) is 5. The molecule has 4 aromatic rings. The van der Waals surface area contributed by atoms with Gasteiger partial charge >= 0.3 is 12.1 Å². The van der Waals surface area contributed by atoms with E-state index in [9.17, 15) is 9.59 Å². The Morgan fingerprint density at radius 2 is 1.21 bits per heavy atom. The number of urea groups is 2. The van der Waals surface area contributed by atoms with E-state index in [0.717, 1.165) is 61.1 Å². The van der Waals surface area contributed by atoms with Crippen LogP contribution in [0.3, 0.4) is 0 Å².